The Balaban J connectivity index is 3.09. The Kier molecular flexibility index (Phi) is 3.98. The van der Waals surface area contributed by atoms with Crippen LogP contribution >= 0.6 is 0 Å². The second-order valence-electron chi connectivity index (χ2n) is 5.42. The molecule has 0 aliphatic rings. The van der Waals surface area contributed by atoms with Gasteiger partial charge in [-0.2, -0.15) is 0 Å². The number of hydrogen-bond donors (Lipinski definition) is 2. The van der Waals surface area contributed by atoms with E-state index < -0.39 is 0 Å². The van der Waals surface area contributed by atoms with Gasteiger partial charge in [-0.25, -0.2) is 0 Å². The number of rotatable bonds is 3. The van der Waals surface area contributed by atoms with E-state index >= 15 is 0 Å². The first-order valence-corrected chi connectivity index (χ1v) is 5.95. The Hall–Kier alpha value is -1.02. The summed E-state index contributed by atoms with van der Waals surface area (Å²) in [4.78, 5) is 0. The molecule has 2 heteroatoms. The van der Waals surface area contributed by atoms with Gasteiger partial charge in [0.05, 0.1) is 0 Å². The summed E-state index contributed by atoms with van der Waals surface area (Å²) in [6.45, 7) is 8.59. The molecule has 0 aliphatic carbocycles. The van der Waals surface area contributed by atoms with Gasteiger partial charge < -0.3 is 10.8 Å². The van der Waals surface area contributed by atoms with Crippen molar-refractivity contribution in [3.05, 3.63) is 29.3 Å². The first kappa shape index (κ1) is 13.0. The lowest BCUT2D eigenvalue weighted by Gasteiger charge is -2.22. The predicted octanol–water partition coefficient (Wildman–Crippen LogP) is 3.49. The Bertz CT molecular complexity index is 352. The fourth-order valence-electron chi connectivity index (χ4n) is 1.78. The molecule has 1 rings (SSSR count). The van der Waals surface area contributed by atoms with Crippen LogP contribution in [-0.2, 0) is 5.41 Å². The topological polar surface area (TPSA) is 46.2 Å². The van der Waals surface area contributed by atoms with Crippen molar-refractivity contribution in [2.75, 3.05) is 0 Å². The average molecular weight is 221 g/mol. The quantitative estimate of drug-likeness (QED) is 0.820. The van der Waals surface area contributed by atoms with Gasteiger partial charge in [0.25, 0.3) is 0 Å². The van der Waals surface area contributed by atoms with Crippen LogP contribution < -0.4 is 5.73 Å². The molecule has 0 heterocycles. The van der Waals surface area contributed by atoms with Gasteiger partial charge >= 0.3 is 0 Å². The van der Waals surface area contributed by atoms with Crippen molar-refractivity contribution in [1.29, 1.82) is 0 Å². The molecule has 0 aliphatic heterocycles. The van der Waals surface area contributed by atoms with Gasteiger partial charge in [0.15, 0.2) is 0 Å². The molecule has 2 nitrogen and oxygen atoms in total. The van der Waals surface area contributed by atoms with Crippen LogP contribution in [0, 0.1) is 0 Å². The van der Waals surface area contributed by atoms with Crippen molar-refractivity contribution in [2.45, 2.75) is 52.0 Å². The minimum absolute atomic E-state index is 0.0627. The summed E-state index contributed by atoms with van der Waals surface area (Å²) in [6.07, 6.45) is 1.93. The Morgan fingerprint density at radius 3 is 2.44 bits per heavy atom. The van der Waals surface area contributed by atoms with Crippen molar-refractivity contribution in [2.24, 2.45) is 5.73 Å². The van der Waals surface area contributed by atoms with Gasteiger partial charge in [-0.1, -0.05) is 46.2 Å². The molecule has 3 N–H and O–H groups in total. The second kappa shape index (κ2) is 4.88. The zero-order valence-corrected chi connectivity index (χ0v) is 10.7. The maximum atomic E-state index is 9.82. The monoisotopic (exact) mass is 221 g/mol. The molecule has 1 aromatic rings. The predicted molar refractivity (Wildman–Crippen MR) is 68.6 cm³/mol. The van der Waals surface area contributed by atoms with Gasteiger partial charge in [0.2, 0.25) is 0 Å². The summed E-state index contributed by atoms with van der Waals surface area (Å²) in [5.74, 6) is 0.314. The van der Waals surface area contributed by atoms with Crippen LogP contribution in [0.4, 0.5) is 0 Å². The van der Waals surface area contributed by atoms with Gasteiger partial charge in [0.1, 0.15) is 5.75 Å². The molecule has 0 bridgehead atoms. The summed E-state index contributed by atoms with van der Waals surface area (Å²) in [7, 11) is 0. The zero-order chi connectivity index (χ0) is 12.3. The van der Waals surface area contributed by atoms with Gasteiger partial charge in [-0.15, -0.1) is 0 Å². The van der Waals surface area contributed by atoms with E-state index in [9.17, 15) is 5.11 Å². The number of phenolic OH excluding ortho intramolecular Hbond substituents is 1. The van der Waals surface area contributed by atoms with E-state index in [-0.39, 0.29) is 11.5 Å². The zero-order valence-electron chi connectivity index (χ0n) is 10.7. The highest BCUT2D eigenvalue weighted by molar-refractivity contribution is 5.40. The van der Waals surface area contributed by atoms with E-state index in [1.54, 1.807) is 6.07 Å². The molecule has 0 fully saturated rings. The molecule has 0 saturated carbocycles. The molecule has 1 aromatic carbocycles. The van der Waals surface area contributed by atoms with Gasteiger partial charge in [-0.05, 0) is 23.5 Å². The highest BCUT2D eigenvalue weighted by Gasteiger charge is 2.17. The molecule has 0 radical (unpaired) electrons. The Morgan fingerprint density at radius 2 is 1.94 bits per heavy atom. The number of phenols is 1. The van der Waals surface area contributed by atoms with Crippen LogP contribution in [0.25, 0.3) is 0 Å². The molecule has 16 heavy (non-hydrogen) atoms. The number of nitrogens with two attached hydrogens (primary N) is 1. The van der Waals surface area contributed by atoms with Crippen LogP contribution in [0.2, 0.25) is 0 Å². The summed E-state index contributed by atoms with van der Waals surface area (Å²) >= 11 is 0. The highest BCUT2D eigenvalue weighted by atomic mass is 16.3. The first-order chi connectivity index (χ1) is 7.36. The van der Waals surface area contributed by atoms with E-state index in [0.29, 0.717) is 5.75 Å². The molecular formula is C14H23NO. The summed E-state index contributed by atoms with van der Waals surface area (Å²) < 4.78 is 0. The fraction of sp³-hybridized carbons (Fsp3) is 0.571. The van der Waals surface area contributed by atoms with Crippen LogP contribution in [0.3, 0.4) is 0 Å². The van der Waals surface area contributed by atoms with Gasteiger partial charge in [-0.3, -0.25) is 0 Å². The summed E-state index contributed by atoms with van der Waals surface area (Å²) in [5, 5.41) is 9.82. The maximum absolute atomic E-state index is 9.82. The maximum Gasteiger partial charge on any atom is 0.120 e. The minimum Gasteiger partial charge on any atom is -0.508 e. The van der Waals surface area contributed by atoms with E-state index in [0.717, 1.165) is 18.4 Å². The van der Waals surface area contributed by atoms with Crippen LogP contribution in [-0.4, -0.2) is 5.11 Å². The van der Waals surface area contributed by atoms with Crippen molar-refractivity contribution in [3.8, 4) is 5.75 Å². The van der Waals surface area contributed by atoms with Crippen molar-refractivity contribution in [3.63, 3.8) is 0 Å². The Morgan fingerprint density at radius 1 is 1.31 bits per heavy atom. The number of benzene rings is 1. The fourth-order valence-corrected chi connectivity index (χ4v) is 1.78. The number of hydrogen-bond acceptors (Lipinski definition) is 2. The third kappa shape index (κ3) is 2.99. The second-order valence-corrected chi connectivity index (χ2v) is 5.42. The molecule has 0 aromatic heterocycles. The summed E-state index contributed by atoms with van der Waals surface area (Å²) in [6, 6.07) is 5.70. The molecule has 90 valence electrons. The third-order valence-electron chi connectivity index (χ3n) is 2.89. The standard InChI is InChI=1S/C14H23NO/c1-5-6-12(15)11-9-10(14(2,3)4)7-8-13(11)16/h7-9,12,16H,5-6,15H2,1-4H3. The molecule has 0 amide bonds. The van der Waals surface area contributed by atoms with Crippen molar-refractivity contribution in [1.82, 2.24) is 0 Å². The van der Waals surface area contributed by atoms with Gasteiger partial charge in [0, 0.05) is 11.6 Å². The third-order valence-corrected chi connectivity index (χ3v) is 2.89. The smallest absolute Gasteiger partial charge is 0.120 e. The number of aromatic hydroxyl groups is 1. The van der Waals surface area contributed by atoms with E-state index in [2.05, 4.69) is 27.7 Å². The lowest BCUT2D eigenvalue weighted by molar-refractivity contribution is 0.456. The van der Waals surface area contributed by atoms with E-state index in [1.165, 1.54) is 5.56 Å². The van der Waals surface area contributed by atoms with Crippen LogP contribution in [0.5, 0.6) is 5.75 Å². The lowest BCUT2D eigenvalue weighted by atomic mass is 9.85. The normalized spacial score (nSPS) is 13.8. The molecule has 0 saturated heterocycles. The Labute approximate surface area is 98.5 Å². The molecular weight excluding hydrogens is 198 g/mol. The van der Waals surface area contributed by atoms with Crippen LogP contribution in [0.1, 0.15) is 57.7 Å². The summed E-state index contributed by atoms with van der Waals surface area (Å²) in [5.41, 5.74) is 8.23. The molecule has 0 spiro atoms. The van der Waals surface area contributed by atoms with E-state index in [4.69, 9.17) is 5.73 Å². The lowest BCUT2D eigenvalue weighted by Crippen LogP contribution is -2.14. The average Bonchev–Trinajstić information content (AvgIpc) is 2.16. The van der Waals surface area contributed by atoms with Crippen molar-refractivity contribution >= 4 is 0 Å². The largest absolute Gasteiger partial charge is 0.508 e. The molecule has 1 unspecified atom stereocenters. The first-order valence-electron chi connectivity index (χ1n) is 5.95. The van der Waals surface area contributed by atoms with Crippen LogP contribution in [0.15, 0.2) is 18.2 Å². The highest BCUT2D eigenvalue weighted by Crippen LogP contribution is 2.31. The van der Waals surface area contributed by atoms with Crippen molar-refractivity contribution < 1.29 is 5.11 Å². The van der Waals surface area contributed by atoms with E-state index in [1.807, 2.05) is 12.1 Å². The SMILES string of the molecule is CCCC(N)c1cc(C(C)(C)C)ccc1O. The minimum atomic E-state index is -0.0627. The molecule has 1 atom stereocenters.